The standard InChI is InChI=1S/C16H28ClN3/c1-4-20-15(16(17)12(2)19-20)10-13-8-6-5-7-9-14(13)11-18-3/h13-14,18H,4-11H2,1-3H3. The number of aromatic nitrogens is 2. The molecule has 4 heteroatoms. The van der Waals surface area contributed by atoms with Crippen molar-refractivity contribution < 1.29 is 0 Å². The van der Waals surface area contributed by atoms with Crippen LogP contribution >= 0.6 is 11.6 Å². The molecular weight excluding hydrogens is 270 g/mol. The normalized spacial score (nSPS) is 23.8. The van der Waals surface area contributed by atoms with Gasteiger partial charge in [0.05, 0.1) is 16.4 Å². The van der Waals surface area contributed by atoms with Crippen LogP contribution in [0.1, 0.15) is 50.4 Å². The maximum Gasteiger partial charge on any atom is 0.0847 e. The number of nitrogens with zero attached hydrogens (tertiary/aromatic N) is 2. The third-order valence-corrected chi connectivity index (χ3v) is 5.18. The first kappa shape index (κ1) is 15.8. The van der Waals surface area contributed by atoms with Crippen molar-refractivity contribution in [3.05, 3.63) is 16.4 Å². The van der Waals surface area contributed by atoms with Crippen LogP contribution < -0.4 is 5.32 Å². The Balaban J connectivity index is 2.17. The van der Waals surface area contributed by atoms with Crippen LogP contribution in [-0.2, 0) is 13.0 Å². The lowest BCUT2D eigenvalue weighted by Crippen LogP contribution is -2.27. The summed E-state index contributed by atoms with van der Waals surface area (Å²) in [6.45, 7) is 6.19. The molecule has 1 aromatic rings. The van der Waals surface area contributed by atoms with Crippen LogP contribution in [0, 0.1) is 18.8 Å². The smallest absolute Gasteiger partial charge is 0.0847 e. The van der Waals surface area contributed by atoms with E-state index in [1.165, 1.54) is 37.8 Å². The molecule has 1 heterocycles. The zero-order chi connectivity index (χ0) is 14.5. The SMILES string of the molecule is CCn1nc(C)c(Cl)c1CC1CCCCCC1CNC. The summed E-state index contributed by atoms with van der Waals surface area (Å²) in [6, 6.07) is 0. The highest BCUT2D eigenvalue weighted by molar-refractivity contribution is 6.31. The molecular formula is C16H28ClN3. The quantitative estimate of drug-likeness (QED) is 0.837. The van der Waals surface area contributed by atoms with E-state index in [1.807, 2.05) is 6.92 Å². The molecule has 1 aliphatic carbocycles. The van der Waals surface area contributed by atoms with Gasteiger partial charge in [-0.2, -0.15) is 5.10 Å². The fourth-order valence-electron chi connectivity index (χ4n) is 3.57. The molecule has 1 N–H and O–H groups in total. The van der Waals surface area contributed by atoms with E-state index in [2.05, 4.69) is 29.1 Å². The molecule has 0 amide bonds. The van der Waals surface area contributed by atoms with Gasteiger partial charge in [0.2, 0.25) is 0 Å². The maximum absolute atomic E-state index is 6.48. The molecule has 1 fully saturated rings. The maximum atomic E-state index is 6.48. The second-order valence-corrected chi connectivity index (χ2v) is 6.46. The van der Waals surface area contributed by atoms with Crippen molar-refractivity contribution in [2.45, 2.75) is 58.9 Å². The Morgan fingerprint density at radius 3 is 2.60 bits per heavy atom. The Labute approximate surface area is 128 Å². The van der Waals surface area contributed by atoms with Crippen molar-refractivity contribution in [1.82, 2.24) is 15.1 Å². The summed E-state index contributed by atoms with van der Waals surface area (Å²) < 4.78 is 2.10. The van der Waals surface area contributed by atoms with E-state index >= 15 is 0 Å². The molecule has 0 radical (unpaired) electrons. The minimum Gasteiger partial charge on any atom is -0.319 e. The third-order valence-electron chi connectivity index (χ3n) is 4.69. The minimum absolute atomic E-state index is 0.740. The van der Waals surface area contributed by atoms with Crippen molar-refractivity contribution in [2.24, 2.45) is 11.8 Å². The second kappa shape index (κ2) is 7.46. The lowest BCUT2D eigenvalue weighted by molar-refractivity contribution is 0.298. The third kappa shape index (κ3) is 3.56. The Morgan fingerprint density at radius 2 is 1.95 bits per heavy atom. The van der Waals surface area contributed by atoms with E-state index in [0.717, 1.165) is 42.1 Å². The van der Waals surface area contributed by atoms with Crippen LogP contribution in [0.3, 0.4) is 0 Å². The van der Waals surface area contributed by atoms with E-state index in [9.17, 15) is 0 Å². The van der Waals surface area contributed by atoms with Gasteiger partial charge in [-0.15, -0.1) is 0 Å². The Hall–Kier alpha value is -0.540. The van der Waals surface area contributed by atoms with Gasteiger partial charge in [0, 0.05) is 6.54 Å². The zero-order valence-electron chi connectivity index (χ0n) is 13.1. The Bertz CT molecular complexity index is 428. The Kier molecular flexibility index (Phi) is 5.91. The number of hydrogen-bond acceptors (Lipinski definition) is 2. The molecule has 0 spiro atoms. The summed E-state index contributed by atoms with van der Waals surface area (Å²) >= 11 is 6.48. The average Bonchev–Trinajstić information content (AvgIpc) is 2.62. The molecule has 3 nitrogen and oxygen atoms in total. The molecule has 0 aromatic carbocycles. The number of halogens is 1. The van der Waals surface area contributed by atoms with Crippen LogP contribution in [0.5, 0.6) is 0 Å². The lowest BCUT2D eigenvalue weighted by atomic mass is 9.84. The number of aryl methyl sites for hydroxylation is 2. The molecule has 114 valence electrons. The van der Waals surface area contributed by atoms with Crippen molar-refractivity contribution in [1.29, 1.82) is 0 Å². The summed E-state index contributed by atoms with van der Waals surface area (Å²) in [6.07, 6.45) is 7.89. The highest BCUT2D eigenvalue weighted by atomic mass is 35.5. The average molecular weight is 298 g/mol. The van der Waals surface area contributed by atoms with Crippen LogP contribution in [0.2, 0.25) is 5.02 Å². The van der Waals surface area contributed by atoms with Crippen LogP contribution in [-0.4, -0.2) is 23.4 Å². The molecule has 1 aromatic heterocycles. The van der Waals surface area contributed by atoms with Gasteiger partial charge in [0.1, 0.15) is 0 Å². The van der Waals surface area contributed by atoms with E-state index in [-0.39, 0.29) is 0 Å². The van der Waals surface area contributed by atoms with Crippen LogP contribution in [0.25, 0.3) is 0 Å². The van der Waals surface area contributed by atoms with Gasteiger partial charge in [0.15, 0.2) is 0 Å². The lowest BCUT2D eigenvalue weighted by Gasteiger charge is -2.25. The van der Waals surface area contributed by atoms with E-state index < -0.39 is 0 Å². The molecule has 1 saturated carbocycles. The predicted molar refractivity (Wildman–Crippen MR) is 85.3 cm³/mol. The molecule has 2 rings (SSSR count). The van der Waals surface area contributed by atoms with Gasteiger partial charge in [-0.3, -0.25) is 4.68 Å². The van der Waals surface area contributed by atoms with Gasteiger partial charge in [-0.05, 0) is 58.5 Å². The van der Waals surface area contributed by atoms with E-state index in [0.29, 0.717) is 0 Å². The molecule has 1 aliphatic rings. The summed E-state index contributed by atoms with van der Waals surface area (Å²) in [5, 5.41) is 8.82. The fourth-order valence-corrected chi connectivity index (χ4v) is 3.79. The van der Waals surface area contributed by atoms with Crippen molar-refractivity contribution in [3.8, 4) is 0 Å². The predicted octanol–water partition coefficient (Wildman–Crippen LogP) is 3.82. The highest BCUT2D eigenvalue weighted by Crippen LogP contribution is 2.33. The summed E-state index contributed by atoms with van der Waals surface area (Å²) in [5.74, 6) is 1.52. The highest BCUT2D eigenvalue weighted by Gasteiger charge is 2.26. The molecule has 0 aliphatic heterocycles. The number of rotatable bonds is 5. The minimum atomic E-state index is 0.740. The van der Waals surface area contributed by atoms with Crippen molar-refractivity contribution in [3.63, 3.8) is 0 Å². The molecule has 2 atom stereocenters. The Morgan fingerprint density at radius 1 is 1.25 bits per heavy atom. The number of nitrogens with one attached hydrogen (secondary N) is 1. The fraction of sp³-hybridized carbons (Fsp3) is 0.812. The second-order valence-electron chi connectivity index (χ2n) is 6.08. The van der Waals surface area contributed by atoms with Gasteiger partial charge in [-0.25, -0.2) is 0 Å². The monoisotopic (exact) mass is 297 g/mol. The first-order valence-electron chi connectivity index (χ1n) is 8.03. The van der Waals surface area contributed by atoms with E-state index in [4.69, 9.17) is 11.6 Å². The van der Waals surface area contributed by atoms with Gasteiger partial charge >= 0.3 is 0 Å². The zero-order valence-corrected chi connectivity index (χ0v) is 13.8. The van der Waals surface area contributed by atoms with Crippen LogP contribution in [0.15, 0.2) is 0 Å². The summed E-state index contributed by atoms with van der Waals surface area (Å²) in [4.78, 5) is 0. The topological polar surface area (TPSA) is 29.9 Å². The van der Waals surface area contributed by atoms with Gasteiger partial charge in [-0.1, -0.05) is 30.9 Å². The molecule has 0 saturated heterocycles. The van der Waals surface area contributed by atoms with Gasteiger partial charge in [0.25, 0.3) is 0 Å². The molecule has 0 bridgehead atoms. The first-order valence-corrected chi connectivity index (χ1v) is 8.41. The molecule has 20 heavy (non-hydrogen) atoms. The van der Waals surface area contributed by atoms with E-state index in [1.54, 1.807) is 0 Å². The largest absolute Gasteiger partial charge is 0.319 e. The van der Waals surface area contributed by atoms with Crippen molar-refractivity contribution >= 4 is 11.6 Å². The van der Waals surface area contributed by atoms with Crippen LogP contribution in [0.4, 0.5) is 0 Å². The number of hydrogen-bond donors (Lipinski definition) is 1. The molecule has 2 unspecified atom stereocenters. The summed E-state index contributed by atoms with van der Waals surface area (Å²) in [7, 11) is 2.06. The van der Waals surface area contributed by atoms with Gasteiger partial charge < -0.3 is 5.32 Å². The summed E-state index contributed by atoms with van der Waals surface area (Å²) in [5.41, 5.74) is 2.22. The first-order chi connectivity index (χ1) is 9.67. The van der Waals surface area contributed by atoms with Crippen molar-refractivity contribution in [2.75, 3.05) is 13.6 Å².